The summed E-state index contributed by atoms with van der Waals surface area (Å²) in [5.41, 5.74) is 0.431. The molecule has 5 nitrogen and oxygen atoms in total. The summed E-state index contributed by atoms with van der Waals surface area (Å²) < 4.78 is 5.37. The second kappa shape index (κ2) is 6.09. The molecule has 0 bridgehead atoms. The maximum absolute atomic E-state index is 12.9. The molecule has 2 aromatic rings. The molecule has 1 amide bonds. The summed E-state index contributed by atoms with van der Waals surface area (Å²) in [5, 5.41) is 6.02. The fourth-order valence-corrected chi connectivity index (χ4v) is 4.60. The summed E-state index contributed by atoms with van der Waals surface area (Å²) in [6, 6.07) is 6.53. The molecule has 0 aromatic carbocycles. The number of likely N-dealkylation sites (tertiary alicyclic amines) is 2. The number of rotatable bonds is 3. The third-order valence-corrected chi connectivity index (χ3v) is 5.96. The second-order valence-corrected chi connectivity index (χ2v) is 7.40. The van der Waals surface area contributed by atoms with E-state index in [9.17, 15) is 4.79 Å². The predicted molar refractivity (Wildman–Crippen MR) is 89.5 cm³/mol. The topological polar surface area (TPSA) is 49.6 Å². The SMILES string of the molecule is CN1CCC[C@@H]1[C@H]1CCCN1C(=O)c1cc(-c2cccs2)on1. The molecule has 0 radical (unpaired) electrons. The Morgan fingerprint density at radius 2 is 2.13 bits per heavy atom. The molecule has 2 saturated heterocycles. The van der Waals surface area contributed by atoms with E-state index in [1.807, 2.05) is 22.4 Å². The zero-order chi connectivity index (χ0) is 15.8. The molecule has 4 rings (SSSR count). The number of likely N-dealkylation sites (N-methyl/N-ethyl adjacent to an activating group) is 1. The minimum atomic E-state index is 0.0133. The van der Waals surface area contributed by atoms with E-state index < -0.39 is 0 Å². The normalized spacial score (nSPS) is 25.3. The van der Waals surface area contributed by atoms with Crippen molar-refractivity contribution in [2.24, 2.45) is 0 Å². The summed E-state index contributed by atoms with van der Waals surface area (Å²) in [4.78, 5) is 18.3. The van der Waals surface area contributed by atoms with Crippen molar-refractivity contribution in [3.05, 3.63) is 29.3 Å². The zero-order valence-electron chi connectivity index (χ0n) is 13.3. The molecule has 2 aromatic heterocycles. The van der Waals surface area contributed by atoms with E-state index in [2.05, 4.69) is 17.1 Å². The molecule has 2 fully saturated rings. The monoisotopic (exact) mass is 331 g/mol. The Labute approximate surface area is 139 Å². The van der Waals surface area contributed by atoms with Gasteiger partial charge in [-0.1, -0.05) is 11.2 Å². The van der Waals surface area contributed by atoms with Crippen LogP contribution in [0.5, 0.6) is 0 Å². The van der Waals surface area contributed by atoms with E-state index in [4.69, 9.17) is 4.52 Å². The van der Waals surface area contributed by atoms with Gasteiger partial charge in [0.1, 0.15) is 0 Å². The first kappa shape index (κ1) is 14.9. The minimum Gasteiger partial charge on any atom is -0.355 e. The molecule has 4 heterocycles. The van der Waals surface area contributed by atoms with Gasteiger partial charge in [0.05, 0.1) is 4.88 Å². The van der Waals surface area contributed by atoms with Crippen LogP contribution in [0.15, 0.2) is 28.1 Å². The van der Waals surface area contributed by atoms with Crippen molar-refractivity contribution in [1.82, 2.24) is 15.0 Å². The number of hydrogen-bond donors (Lipinski definition) is 0. The van der Waals surface area contributed by atoms with Crippen molar-refractivity contribution in [1.29, 1.82) is 0 Å². The molecule has 0 saturated carbocycles. The first-order valence-corrected chi connectivity index (χ1v) is 9.14. The summed E-state index contributed by atoms with van der Waals surface area (Å²) in [6.45, 7) is 1.96. The van der Waals surface area contributed by atoms with Crippen LogP contribution >= 0.6 is 11.3 Å². The van der Waals surface area contributed by atoms with Crippen LogP contribution in [0.25, 0.3) is 10.6 Å². The lowest BCUT2D eigenvalue weighted by atomic mass is 10.0. The van der Waals surface area contributed by atoms with Gasteiger partial charge in [0.15, 0.2) is 11.5 Å². The maximum Gasteiger partial charge on any atom is 0.276 e. The van der Waals surface area contributed by atoms with E-state index in [1.165, 1.54) is 12.8 Å². The van der Waals surface area contributed by atoms with Crippen LogP contribution in [0, 0.1) is 0 Å². The first-order chi connectivity index (χ1) is 11.2. The third kappa shape index (κ3) is 2.70. The molecule has 0 aliphatic carbocycles. The Balaban J connectivity index is 1.54. The van der Waals surface area contributed by atoms with Gasteiger partial charge in [-0.3, -0.25) is 4.79 Å². The van der Waals surface area contributed by atoms with Crippen LogP contribution in [-0.4, -0.2) is 53.1 Å². The number of aromatic nitrogens is 1. The highest BCUT2D eigenvalue weighted by Crippen LogP contribution is 2.31. The van der Waals surface area contributed by atoms with Gasteiger partial charge in [0.25, 0.3) is 5.91 Å². The quantitative estimate of drug-likeness (QED) is 0.867. The predicted octanol–water partition coefficient (Wildman–Crippen LogP) is 3.10. The molecule has 2 atom stereocenters. The Hall–Kier alpha value is -1.66. The Morgan fingerprint density at radius 1 is 1.30 bits per heavy atom. The molecule has 23 heavy (non-hydrogen) atoms. The van der Waals surface area contributed by atoms with E-state index in [0.717, 1.165) is 30.8 Å². The first-order valence-electron chi connectivity index (χ1n) is 8.26. The highest BCUT2D eigenvalue weighted by molar-refractivity contribution is 7.13. The van der Waals surface area contributed by atoms with Gasteiger partial charge in [-0.2, -0.15) is 0 Å². The smallest absolute Gasteiger partial charge is 0.276 e. The molecule has 6 heteroatoms. The lowest BCUT2D eigenvalue weighted by Gasteiger charge is -2.32. The van der Waals surface area contributed by atoms with Gasteiger partial charge < -0.3 is 14.3 Å². The van der Waals surface area contributed by atoms with Crippen LogP contribution in [0.1, 0.15) is 36.2 Å². The molecule has 0 unspecified atom stereocenters. The van der Waals surface area contributed by atoms with Crippen molar-refractivity contribution in [2.75, 3.05) is 20.1 Å². The van der Waals surface area contributed by atoms with Crippen LogP contribution in [0.4, 0.5) is 0 Å². The van der Waals surface area contributed by atoms with Crippen molar-refractivity contribution >= 4 is 17.2 Å². The largest absolute Gasteiger partial charge is 0.355 e. The molecule has 2 aliphatic heterocycles. The molecular formula is C17H21N3O2S. The van der Waals surface area contributed by atoms with E-state index in [0.29, 0.717) is 23.5 Å². The lowest BCUT2D eigenvalue weighted by molar-refractivity contribution is 0.0654. The number of nitrogens with zero attached hydrogens (tertiary/aromatic N) is 3. The van der Waals surface area contributed by atoms with Gasteiger partial charge in [-0.15, -0.1) is 11.3 Å². The number of hydrogen-bond acceptors (Lipinski definition) is 5. The zero-order valence-corrected chi connectivity index (χ0v) is 14.1. The van der Waals surface area contributed by atoms with E-state index in [1.54, 1.807) is 17.4 Å². The third-order valence-electron chi connectivity index (χ3n) is 5.07. The standard InChI is InChI=1S/C17H21N3O2S/c1-19-8-2-5-13(19)14-6-3-9-20(14)17(21)12-11-15(22-18-12)16-7-4-10-23-16/h4,7,10-11,13-14H,2-3,5-6,8-9H2,1H3/t13-,14-/m1/s1. The lowest BCUT2D eigenvalue weighted by Crippen LogP contribution is -2.47. The molecule has 122 valence electrons. The van der Waals surface area contributed by atoms with Crippen LogP contribution in [-0.2, 0) is 0 Å². The second-order valence-electron chi connectivity index (χ2n) is 6.45. The summed E-state index contributed by atoms with van der Waals surface area (Å²) >= 11 is 1.59. The number of thiophene rings is 1. The number of carbonyl (C=O) groups is 1. The molecule has 0 N–H and O–H groups in total. The van der Waals surface area contributed by atoms with Crippen LogP contribution < -0.4 is 0 Å². The summed E-state index contributed by atoms with van der Waals surface area (Å²) in [7, 11) is 2.17. The minimum absolute atomic E-state index is 0.0133. The molecule has 0 spiro atoms. The Bertz CT molecular complexity index is 682. The fraction of sp³-hybridized carbons (Fsp3) is 0.529. The van der Waals surface area contributed by atoms with Gasteiger partial charge in [0.2, 0.25) is 0 Å². The Kier molecular flexibility index (Phi) is 3.95. The maximum atomic E-state index is 12.9. The summed E-state index contributed by atoms with van der Waals surface area (Å²) in [5.74, 6) is 0.691. The van der Waals surface area contributed by atoms with E-state index >= 15 is 0 Å². The van der Waals surface area contributed by atoms with Gasteiger partial charge in [-0.25, -0.2) is 0 Å². The van der Waals surface area contributed by atoms with Crippen LogP contribution in [0.2, 0.25) is 0 Å². The van der Waals surface area contributed by atoms with Crippen molar-refractivity contribution in [3.63, 3.8) is 0 Å². The Morgan fingerprint density at radius 3 is 2.87 bits per heavy atom. The average Bonchev–Trinajstić information content (AvgIpc) is 3.31. The number of amides is 1. The van der Waals surface area contributed by atoms with Crippen molar-refractivity contribution in [2.45, 2.75) is 37.8 Å². The van der Waals surface area contributed by atoms with Crippen molar-refractivity contribution < 1.29 is 9.32 Å². The highest BCUT2D eigenvalue weighted by atomic mass is 32.1. The summed E-state index contributed by atoms with van der Waals surface area (Å²) in [6.07, 6.45) is 4.59. The molecular weight excluding hydrogens is 310 g/mol. The fourth-order valence-electron chi connectivity index (χ4n) is 3.92. The van der Waals surface area contributed by atoms with Gasteiger partial charge in [-0.05, 0) is 50.7 Å². The highest BCUT2D eigenvalue weighted by Gasteiger charge is 2.39. The van der Waals surface area contributed by atoms with Gasteiger partial charge >= 0.3 is 0 Å². The van der Waals surface area contributed by atoms with Crippen LogP contribution in [0.3, 0.4) is 0 Å². The van der Waals surface area contributed by atoms with E-state index in [-0.39, 0.29) is 5.91 Å². The average molecular weight is 331 g/mol. The van der Waals surface area contributed by atoms with Gasteiger partial charge in [0, 0.05) is 24.7 Å². The van der Waals surface area contributed by atoms with Crippen molar-refractivity contribution in [3.8, 4) is 10.6 Å². The number of carbonyl (C=O) groups excluding carboxylic acids is 1. The molecule has 2 aliphatic rings.